The number of carbonyl (C=O) groups is 2. The van der Waals surface area contributed by atoms with Crippen LogP contribution in [0.5, 0.6) is 5.75 Å². The lowest BCUT2D eigenvalue weighted by molar-refractivity contribution is -0.142. The van der Waals surface area contributed by atoms with Crippen molar-refractivity contribution in [3.05, 3.63) is 102 Å². The van der Waals surface area contributed by atoms with E-state index in [-0.39, 0.29) is 23.8 Å². The molecule has 0 aliphatic carbocycles. The fourth-order valence-electron chi connectivity index (χ4n) is 3.94. The Balaban J connectivity index is 1.88. The van der Waals surface area contributed by atoms with E-state index in [4.69, 9.17) is 4.74 Å². The van der Waals surface area contributed by atoms with Crippen LogP contribution in [0.25, 0.3) is 0 Å². The zero-order chi connectivity index (χ0) is 24.6. The minimum absolute atomic E-state index is 0.124. The number of ether oxygens (including phenoxy) is 1. The van der Waals surface area contributed by atoms with Crippen LogP contribution in [0.1, 0.15) is 37.5 Å². The second-order valence-corrected chi connectivity index (χ2v) is 9.36. The molecule has 3 aromatic rings. The molecule has 0 spiro atoms. The summed E-state index contributed by atoms with van der Waals surface area (Å²) >= 11 is 0. The van der Waals surface area contributed by atoms with Crippen LogP contribution in [-0.2, 0) is 28.0 Å². The Hall–Kier alpha value is -3.60. The van der Waals surface area contributed by atoms with Crippen LogP contribution in [0.15, 0.2) is 84.9 Å². The molecule has 0 aliphatic heterocycles. The maximum atomic E-state index is 13.6. The summed E-state index contributed by atoms with van der Waals surface area (Å²) in [4.78, 5) is 28.1. The molecule has 3 rings (SSSR count). The van der Waals surface area contributed by atoms with Gasteiger partial charge in [0.2, 0.25) is 5.91 Å². The highest BCUT2D eigenvalue weighted by molar-refractivity contribution is 5.88. The smallest absolute Gasteiger partial charge is 0.261 e. The van der Waals surface area contributed by atoms with Crippen LogP contribution in [0.2, 0.25) is 0 Å². The average molecular weight is 459 g/mol. The van der Waals surface area contributed by atoms with Crippen LogP contribution in [0.3, 0.4) is 0 Å². The van der Waals surface area contributed by atoms with E-state index in [2.05, 4.69) is 26.1 Å². The van der Waals surface area contributed by atoms with Crippen molar-refractivity contribution in [2.75, 3.05) is 13.7 Å². The van der Waals surface area contributed by atoms with E-state index >= 15 is 0 Å². The van der Waals surface area contributed by atoms with Gasteiger partial charge in [-0.1, -0.05) is 99.6 Å². The number of nitrogens with one attached hydrogen (secondary N) is 1. The number of likely N-dealkylation sites (N-methyl/N-ethyl adjacent to an activating group) is 1. The zero-order valence-electron chi connectivity index (χ0n) is 20.5. The summed E-state index contributed by atoms with van der Waals surface area (Å²) in [5.41, 5.74) is 2.85. The van der Waals surface area contributed by atoms with E-state index in [0.717, 1.165) is 16.7 Å². The second-order valence-electron chi connectivity index (χ2n) is 9.36. The molecule has 0 saturated heterocycles. The highest BCUT2D eigenvalue weighted by atomic mass is 16.5. The first kappa shape index (κ1) is 25.0. The summed E-state index contributed by atoms with van der Waals surface area (Å²) in [6, 6.07) is 26.6. The summed E-state index contributed by atoms with van der Waals surface area (Å²) in [5, 5.41) is 2.74. The molecule has 1 N–H and O–H groups in total. The van der Waals surface area contributed by atoms with Gasteiger partial charge in [-0.25, -0.2) is 0 Å². The second kappa shape index (κ2) is 11.5. The molecule has 3 aromatic carbocycles. The first-order valence-electron chi connectivity index (χ1n) is 11.6. The molecule has 0 unspecified atom stereocenters. The first-order chi connectivity index (χ1) is 16.3. The number of hydrogen-bond donors (Lipinski definition) is 1. The molecule has 0 aliphatic rings. The van der Waals surface area contributed by atoms with Crippen LogP contribution in [-0.4, -0.2) is 36.4 Å². The Labute approximate surface area is 202 Å². The molecule has 34 heavy (non-hydrogen) atoms. The molecule has 0 fully saturated rings. The molecule has 5 nitrogen and oxygen atoms in total. The maximum absolute atomic E-state index is 13.6. The molecule has 5 heteroatoms. The predicted octanol–water partition coefficient (Wildman–Crippen LogP) is 4.75. The number of benzene rings is 3. The molecule has 0 heterocycles. The van der Waals surface area contributed by atoms with Gasteiger partial charge in [0.1, 0.15) is 11.8 Å². The SMILES string of the molecule is CNC(=O)[C@@H](Cc1ccccc1)N(Cc1ccccc1)C(=O)COc1ccccc1C(C)(C)C. The number of rotatable bonds is 9. The molecule has 0 aromatic heterocycles. The quantitative estimate of drug-likeness (QED) is 0.503. The minimum Gasteiger partial charge on any atom is -0.483 e. The fraction of sp³-hybridized carbons (Fsp3) is 0.310. The Bertz CT molecular complexity index is 1080. The molecule has 1 atom stereocenters. The largest absolute Gasteiger partial charge is 0.483 e. The molecular formula is C29H34N2O3. The summed E-state index contributed by atoms with van der Waals surface area (Å²) < 4.78 is 6.03. The number of carbonyl (C=O) groups excluding carboxylic acids is 2. The normalized spacial score (nSPS) is 12.0. The lowest BCUT2D eigenvalue weighted by Crippen LogP contribution is -2.51. The number of para-hydroxylation sites is 1. The Morgan fingerprint density at radius 3 is 2.00 bits per heavy atom. The van der Waals surface area contributed by atoms with Gasteiger partial charge < -0.3 is 15.0 Å². The standard InChI is InChI=1S/C29H34N2O3/c1-29(2,3)24-17-11-12-18-26(24)34-21-27(32)31(20-23-15-9-6-10-16-23)25(28(33)30-4)19-22-13-7-5-8-14-22/h5-18,25H,19-21H2,1-4H3,(H,30,33)/t25-/m1/s1. The lowest BCUT2D eigenvalue weighted by Gasteiger charge is -2.31. The van der Waals surface area contributed by atoms with Gasteiger partial charge in [0.25, 0.3) is 5.91 Å². The summed E-state index contributed by atoms with van der Waals surface area (Å²) in [6.45, 7) is 6.50. The first-order valence-corrected chi connectivity index (χ1v) is 11.6. The number of amides is 2. The Morgan fingerprint density at radius 2 is 1.41 bits per heavy atom. The Kier molecular flexibility index (Phi) is 8.47. The van der Waals surface area contributed by atoms with Crippen molar-refractivity contribution in [3.63, 3.8) is 0 Å². The highest BCUT2D eigenvalue weighted by Crippen LogP contribution is 2.31. The molecule has 0 saturated carbocycles. The monoisotopic (exact) mass is 458 g/mol. The number of hydrogen-bond acceptors (Lipinski definition) is 3. The van der Waals surface area contributed by atoms with Crippen LogP contribution >= 0.6 is 0 Å². The van der Waals surface area contributed by atoms with E-state index in [1.54, 1.807) is 11.9 Å². The predicted molar refractivity (Wildman–Crippen MR) is 136 cm³/mol. The minimum atomic E-state index is -0.665. The van der Waals surface area contributed by atoms with Gasteiger partial charge in [-0.05, 0) is 28.2 Å². The molecule has 178 valence electrons. The molecule has 2 amide bonds. The van der Waals surface area contributed by atoms with Crippen LogP contribution < -0.4 is 10.1 Å². The van der Waals surface area contributed by atoms with Crippen molar-refractivity contribution >= 4 is 11.8 Å². The van der Waals surface area contributed by atoms with Gasteiger partial charge in [-0.3, -0.25) is 9.59 Å². The average Bonchev–Trinajstić information content (AvgIpc) is 2.85. The zero-order valence-corrected chi connectivity index (χ0v) is 20.5. The molecule has 0 bridgehead atoms. The van der Waals surface area contributed by atoms with Crippen LogP contribution in [0.4, 0.5) is 0 Å². The van der Waals surface area contributed by atoms with Crippen molar-refractivity contribution in [3.8, 4) is 5.75 Å². The van der Waals surface area contributed by atoms with E-state index in [1.165, 1.54) is 0 Å². The van der Waals surface area contributed by atoms with Crippen molar-refractivity contribution in [1.82, 2.24) is 10.2 Å². The van der Waals surface area contributed by atoms with Crippen molar-refractivity contribution in [2.45, 2.75) is 45.2 Å². The van der Waals surface area contributed by atoms with Crippen molar-refractivity contribution < 1.29 is 14.3 Å². The van der Waals surface area contributed by atoms with Gasteiger partial charge >= 0.3 is 0 Å². The summed E-state index contributed by atoms with van der Waals surface area (Å²) in [6.07, 6.45) is 0.414. The van der Waals surface area contributed by atoms with Gasteiger partial charge in [0.15, 0.2) is 6.61 Å². The van der Waals surface area contributed by atoms with Gasteiger partial charge in [-0.2, -0.15) is 0 Å². The summed E-state index contributed by atoms with van der Waals surface area (Å²) in [5.74, 6) is 0.239. The Morgan fingerprint density at radius 1 is 0.853 bits per heavy atom. The summed E-state index contributed by atoms with van der Waals surface area (Å²) in [7, 11) is 1.60. The number of nitrogens with zero attached hydrogens (tertiary/aromatic N) is 1. The molecule has 0 radical (unpaired) electrons. The lowest BCUT2D eigenvalue weighted by atomic mass is 9.86. The van der Waals surface area contributed by atoms with E-state index in [0.29, 0.717) is 18.7 Å². The third-order valence-electron chi connectivity index (χ3n) is 5.76. The van der Waals surface area contributed by atoms with Crippen LogP contribution in [0, 0.1) is 0 Å². The van der Waals surface area contributed by atoms with E-state index < -0.39 is 6.04 Å². The third kappa shape index (κ3) is 6.70. The molecular weight excluding hydrogens is 424 g/mol. The van der Waals surface area contributed by atoms with Gasteiger partial charge in [0, 0.05) is 20.0 Å². The third-order valence-corrected chi connectivity index (χ3v) is 5.76. The van der Waals surface area contributed by atoms with E-state index in [1.807, 2.05) is 84.9 Å². The maximum Gasteiger partial charge on any atom is 0.261 e. The fourth-order valence-corrected chi connectivity index (χ4v) is 3.94. The topological polar surface area (TPSA) is 58.6 Å². The van der Waals surface area contributed by atoms with E-state index in [9.17, 15) is 9.59 Å². The van der Waals surface area contributed by atoms with Gasteiger partial charge in [-0.15, -0.1) is 0 Å². The van der Waals surface area contributed by atoms with Crippen molar-refractivity contribution in [2.24, 2.45) is 0 Å². The van der Waals surface area contributed by atoms with Crippen molar-refractivity contribution in [1.29, 1.82) is 0 Å². The van der Waals surface area contributed by atoms with Gasteiger partial charge in [0.05, 0.1) is 0 Å². The highest BCUT2D eigenvalue weighted by Gasteiger charge is 2.30.